The zero-order chi connectivity index (χ0) is 12.4. The van der Waals surface area contributed by atoms with Gasteiger partial charge in [-0.3, -0.25) is 4.90 Å². The summed E-state index contributed by atoms with van der Waals surface area (Å²) in [5.41, 5.74) is -0.0479. The molecule has 94 valence electrons. The molecule has 0 aromatic heterocycles. The summed E-state index contributed by atoms with van der Waals surface area (Å²) in [4.78, 5) is 1.98. The van der Waals surface area contributed by atoms with Gasteiger partial charge in [-0.15, -0.1) is 0 Å². The minimum Gasteiger partial charge on any atom is -0.314 e. The van der Waals surface area contributed by atoms with Gasteiger partial charge in [-0.05, 0) is 6.92 Å². The smallest absolute Gasteiger partial charge is 0.133 e. The third-order valence-corrected chi connectivity index (χ3v) is 3.16. The summed E-state index contributed by atoms with van der Waals surface area (Å²) in [5, 5.41) is 3.17. The van der Waals surface area contributed by atoms with E-state index in [2.05, 4.69) is 5.32 Å². The van der Waals surface area contributed by atoms with Crippen LogP contribution in [0, 0.1) is 17.5 Å². The van der Waals surface area contributed by atoms with E-state index in [0.717, 1.165) is 38.3 Å². The third kappa shape index (κ3) is 2.61. The molecule has 1 fully saturated rings. The number of hydrogen-bond donors (Lipinski definition) is 1. The predicted octanol–water partition coefficient (Wildman–Crippen LogP) is 2.07. The van der Waals surface area contributed by atoms with Crippen molar-refractivity contribution in [2.75, 3.05) is 26.2 Å². The Kier molecular flexibility index (Phi) is 3.69. The fourth-order valence-corrected chi connectivity index (χ4v) is 2.20. The van der Waals surface area contributed by atoms with Crippen LogP contribution in [-0.2, 0) is 0 Å². The van der Waals surface area contributed by atoms with E-state index < -0.39 is 17.5 Å². The van der Waals surface area contributed by atoms with E-state index in [4.69, 9.17) is 0 Å². The van der Waals surface area contributed by atoms with Gasteiger partial charge in [-0.2, -0.15) is 0 Å². The van der Waals surface area contributed by atoms with E-state index in [0.29, 0.717) is 0 Å². The maximum Gasteiger partial charge on any atom is 0.133 e. The van der Waals surface area contributed by atoms with E-state index in [9.17, 15) is 13.2 Å². The molecule has 0 saturated carbocycles. The maximum atomic E-state index is 13.6. The Hall–Kier alpha value is -1.07. The Bertz CT molecular complexity index is 380. The number of hydrogen-bond acceptors (Lipinski definition) is 2. The molecule has 1 aliphatic heterocycles. The highest BCUT2D eigenvalue weighted by molar-refractivity contribution is 5.24. The SMILES string of the molecule is C[C@@H](c1c(F)cc(F)cc1F)N1CCNCC1. The first kappa shape index (κ1) is 12.4. The molecule has 0 bridgehead atoms. The summed E-state index contributed by atoms with van der Waals surface area (Å²) in [6, 6.07) is 1.09. The summed E-state index contributed by atoms with van der Waals surface area (Å²) in [6.45, 7) is 4.81. The molecule has 0 radical (unpaired) electrons. The average Bonchev–Trinajstić information content (AvgIpc) is 2.28. The fraction of sp³-hybridized carbons (Fsp3) is 0.500. The molecule has 1 saturated heterocycles. The number of nitrogens with zero attached hydrogens (tertiary/aromatic N) is 1. The molecular formula is C12H15F3N2. The molecule has 5 heteroatoms. The van der Waals surface area contributed by atoms with Crippen molar-refractivity contribution in [2.24, 2.45) is 0 Å². The molecule has 2 nitrogen and oxygen atoms in total. The van der Waals surface area contributed by atoms with E-state index >= 15 is 0 Å². The van der Waals surface area contributed by atoms with Crippen LogP contribution in [0.4, 0.5) is 13.2 Å². The highest BCUT2D eigenvalue weighted by Gasteiger charge is 2.24. The normalized spacial score (nSPS) is 19.3. The van der Waals surface area contributed by atoms with Gasteiger partial charge in [0.05, 0.1) is 0 Å². The summed E-state index contributed by atoms with van der Waals surface area (Å²) < 4.78 is 40.0. The average molecular weight is 244 g/mol. The summed E-state index contributed by atoms with van der Waals surface area (Å²) >= 11 is 0. The van der Waals surface area contributed by atoms with Gasteiger partial charge in [0.2, 0.25) is 0 Å². The van der Waals surface area contributed by atoms with Crippen LogP contribution in [0.2, 0.25) is 0 Å². The molecule has 0 amide bonds. The highest BCUT2D eigenvalue weighted by Crippen LogP contribution is 2.26. The molecule has 2 rings (SSSR count). The van der Waals surface area contributed by atoms with Crippen LogP contribution in [-0.4, -0.2) is 31.1 Å². The predicted molar refractivity (Wildman–Crippen MR) is 59.2 cm³/mol. The van der Waals surface area contributed by atoms with Crippen LogP contribution >= 0.6 is 0 Å². The van der Waals surface area contributed by atoms with Crippen molar-refractivity contribution in [1.29, 1.82) is 0 Å². The minimum atomic E-state index is -0.878. The summed E-state index contributed by atoms with van der Waals surface area (Å²) in [5.74, 6) is -2.50. The molecule has 1 heterocycles. The Labute approximate surface area is 98.4 Å². The van der Waals surface area contributed by atoms with Gasteiger partial charge in [-0.25, -0.2) is 13.2 Å². The van der Waals surface area contributed by atoms with Crippen LogP contribution in [0.25, 0.3) is 0 Å². The van der Waals surface area contributed by atoms with Gasteiger partial charge in [-0.1, -0.05) is 0 Å². The van der Waals surface area contributed by atoms with Crippen LogP contribution in [0.15, 0.2) is 12.1 Å². The monoisotopic (exact) mass is 244 g/mol. The van der Waals surface area contributed by atoms with Crippen molar-refractivity contribution in [1.82, 2.24) is 10.2 Å². The number of nitrogens with one attached hydrogen (secondary N) is 1. The van der Waals surface area contributed by atoms with Crippen LogP contribution < -0.4 is 5.32 Å². The van der Waals surface area contributed by atoms with Crippen LogP contribution in [0.5, 0.6) is 0 Å². The van der Waals surface area contributed by atoms with Crippen LogP contribution in [0.1, 0.15) is 18.5 Å². The van der Waals surface area contributed by atoms with Gasteiger partial charge < -0.3 is 5.32 Å². The van der Waals surface area contributed by atoms with E-state index in [-0.39, 0.29) is 11.6 Å². The van der Waals surface area contributed by atoms with E-state index in [1.165, 1.54) is 0 Å². The van der Waals surface area contributed by atoms with E-state index in [1.807, 2.05) is 4.90 Å². The molecule has 17 heavy (non-hydrogen) atoms. The van der Waals surface area contributed by atoms with Crippen LogP contribution in [0.3, 0.4) is 0 Å². The molecule has 1 aliphatic rings. The number of halogens is 3. The van der Waals surface area contributed by atoms with Crippen molar-refractivity contribution in [3.05, 3.63) is 35.1 Å². The second-order valence-corrected chi connectivity index (χ2v) is 4.25. The topological polar surface area (TPSA) is 15.3 Å². The molecule has 0 aliphatic carbocycles. The standard InChI is InChI=1S/C12H15F3N2/c1-8(17-4-2-16-3-5-17)12-10(14)6-9(13)7-11(12)15/h6-8,16H,2-5H2,1H3/t8-/m0/s1. The molecule has 0 unspecified atom stereocenters. The lowest BCUT2D eigenvalue weighted by atomic mass is 10.0. The Morgan fingerprint density at radius 1 is 1.12 bits per heavy atom. The first-order chi connectivity index (χ1) is 8.09. The molecule has 0 spiro atoms. The van der Waals surface area contributed by atoms with Gasteiger partial charge in [0.1, 0.15) is 17.5 Å². The lowest BCUT2D eigenvalue weighted by Gasteiger charge is -2.33. The Morgan fingerprint density at radius 3 is 2.18 bits per heavy atom. The van der Waals surface area contributed by atoms with Gasteiger partial charge in [0, 0.05) is 49.9 Å². The van der Waals surface area contributed by atoms with Crippen molar-refractivity contribution >= 4 is 0 Å². The van der Waals surface area contributed by atoms with Gasteiger partial charge >= 0.3 is 0 Å². The number of rotatable bonds is 2. The molecule has 1 aromatic carbocycles. The Balaban J connectivity index is 2.26. The minimum absolute atomic E-state index is 0.0479. The molecule has 1 atom stereocenters. The van der Waals surface area contributed by atoms with Crippen molar-refractivity contribution in [3.63, 3.8) is 0 Å². The lowest BCUT2D eigenvalue weighted by Crippen LogP contribution is -2.44. The van der Waals surface area contributed by atoms with Gasteiger partial charge in [0.25, 0.3) is 0 Å². The Morgan fingerprint density at radius 2 is 1.65 bits per heavy atom. The number of piperazine rings is 1. The van der Waals surface area contributed by atoms with E-state index in [1.54, 1.807) is 6.92 Å². The first-order valence-corrected chi connectivity index (χ1v) is 5.69. The lowest BCUT2D eigenvalue weighted by molar-refractivity contribution is 0.178. The van der Waals surface area contributed by atoms with Crippen molar-refractivity contribution in [2.45, 2.75) is 13.0 Å². The molecular weight excluding hydrogens is 229 g/mol. The highest BCUT2D eigenvalue weighted by atomic mass is 19.1. The van der Waals surface area contributed by atoms with Crippen molar-refractivity contribution in [3.8, 4) is 0 Å². The third-order valence-electron chi connectivity index (χ3n) is 3.16. The zero-order valence-corrected chi connectivity index (χ0v) is 9.64. The second-order valence-electron chi connectivity index (χ2n) is 4.25. The second kappa shape index (κ2) is 5.06. The summed E-state index contributed by atoms with van der Waals surface area (Å²) in [7, 11) is 0. The van der Waals surface area contributed by atoms with Gasteiger partial charge in [0.15, 0.2) is 0 Å². The first-order valence-electron chi connectivity index (χ1n) is 5.69. The fourth-order valence-electron chi connectivity index (χ4n) is 2.20. The maximum absolute atomic E-state index is 13.6. The zero-order valence-electron chi connectivity index (χ0n) is 9.64. The summed E-state index contributed by atoms with van der Waals surface area (Å²) in [6.07, 6.45) is 0. The quantitative estimate of drug-likeness (QED) is 0.856. The molecule has 1 aromatic rings. The molecule has 1 N–H and O–H groups in total. The van der Waals surface area contributed by atoms with Crippen molar-refractivity contribution < 1.29 is 13.2 Å². The largest absolute Gasteiger partial charge is 0.314 e. The number of benzene rings is 1.